The average Bonchev–Trinajstić information content (AvgIpc) is 0.907. The van der Waals surface area contributed by atoms with Crippen LogP contribution in [0.4, 0.5) is 0 Å². The number of allylic oxidation sites excluding steroid dienone is 28. The number of carbonyl (C=O) groups is 4. The standard InChI is InChI=1S/C87H142O17P2/c1-5-9-13-17-21-25-29-33-36-39-40-43-45-49-52-56-60-64-68-72-85(90)98-78-83(104-87(92)74-70-66-62-58-54-50-46-42-38-35-31-27-23-19-15-11-7-3)80-102-106(95,96)100-76-81(88)75-99-105(93,94)101-79-82(103-86(91)73-69-65-61-57-53-47-32-28-24-20-16-12-8-4)77-97-84(89)71-67-63-59-55-51-48-44-41-37-34-30-26-22-18-14-10-6-2/h9-11,13-15,21-23,25-27,33-38,40,43-44,46,48-50,52,60,64,81-83,88H,5-8,12,16-20,24,28-32,39,41-42,45,47,51,53-59,61-63,65-80H2,1-4H3,(H,93,94)(H,95,96)/b13-9-,14-10-,15-11-,25-21-,26-22-,27-23-,36-33-,37-34-,38-35-,43-40-,48-44-,50-46-,52-49-,64-60-. The van der Waals surface area contributed by atoms with Crippen molar-refractivity contribution in [2.75, 3.05) is 39.6 Å². The molecule has 0 aromatic rings. The van der Waals surface area contributed by atoms with Gasteiger partial charge in [0.2, 0.25) is 0 Å². The number of esters is 4. The van der Waals surface area contributed by atoms with E-state index in [9.17, 15) is 43.2 Å². The van der Waals surface area contributed by atoms with E-state index in [4.69, 9.17) is 37.0 Å². The van der Waals surface area contributed by atoms with Crippen molar-refractivity contribution in [3.05, 3.63) is 170 Å². The molecule has 17 nitrogen and oxygen atoms in total. The quantitative estimate of drug-likeness (QED) is 0.0169. The van der Waals surface area contributed by atoms with E-state index in [1.54, 1.807) is 0 Å². The van der Waals surface area contributed by atoms with Gasteiger partial charge >= 0.3 is 39.5 Å². The summed E-state index contributed by atoms with van der Waals surface area (Å²) >= 11 is 0. The lowest BCUT2D eigenvalue weighted by molar-refractivity contribution is -0.161. The average molecular weight is 1520 g/mol. The van der Waals surface area contributed by atoms with Crippen molar-refractivity contribution in [1.82, 2.24) is 0 Å². The molecule has 602 valence electrons. The molecule has 19 heteroatoms. The molecule has 0 fully saturated rings. The second-order valence-corrected chi connectivity index (χ2v) is 29.1. The van der Waals surface area contributed by atoms with Crippen molar-refractivity contribution in [3.63, 3.8) is 0 Å². The van der Waals surface area contributed by atoms with Crippen molar-refractivity contribution in [3.8, 4) is 0 Å². The Morgan fingerprint density at radius 3 is 0.811 bits per heavy atom. The van der Waals surface area contributed by atoms with E-state index in [0.717, 1.165) is 161 Å². The van der Waals surface area contributed by atoms with E-state index in [-0.39, 0.29) is 25.7 Å². The molecular weight excluding hydrogens is 1380 g/mol. The number of phosphoric ester groups is 2. The zero-order valence-corrected chi connectivity index (χ0v) is 67.6. The third-order valence-corrected chi connectivity index (χ3v) is 18.1. The fourth-order valence-electron chi connectivity index (χ4n) is 10.2. The summed E-state index contributed by atoms with van der Waals surface area (Å²) in [6.07, 6.45) is 92.0. The van der Waals surface area contributed by atoms with Gasteiger partial charge in [0.25, 0.3) is 0 Å². The number of rotatable bonds is 74. The summed E-state index contributed by atoms with van der Waals surface area (Å²) in [6.45, 7) is 4.39. The van der Waals surface area contributed by atoms with Gasteiger partial charge in [0.05, 0.1) is 26.4 Å². The Labute approximate surface area is 642 Å². The highest BCUT2D eigenvalue weighted by Crippen LogP contribution is 2.45. The maximum absolute atomic E-state index is 13.1. The Kier molecular flexibility index (Phi) is 73.5. The molecule has 0 bridgehead atoms. The lowest BCUT2D eigenvalue weighted by atomic mass is 10.0. The molecule has 3 N–H and O–H groups in total. The van der Waals surface area contributed by atoms with E-state index in [1.165, 1.54) is 51.4 Å². The first-order valence-electron chi connectivity index (χ1n) is 40.4. The van der Waals surface area contributed by atoms with Crippen LogP contribution in [0.1, 0.15) is 297 Å². The molecule has 0 aliphatic rings. The van der Waals surface area contributed by atoms with Gasteiger partial charge in [0.15, 0.2) is 12.2 Å². The summed E-state index contributed by atoms with van der Waals surface area (Å²) in [5, 5.41) is 10.6. The number of carbonyl (C=O) groups excluding carboxylic acids is 4. The summed E-state index contributed by atoms with van der Waals surface area (Å²) in [7, 11) is -10.0. The number of phosphoric acid groups is 2. The third kappa shape index (κ3) is 76.6. The molecule has 0 aliphatic heterocycles. The number of aliphatic hydroxyl groups excluding tert-OH is 1. The second kappa shape index (κ2) is 77.6. The maximum atomic E-state index is 13.1. The zero-order valence-electron chi connectivity index (χ0n) is 65.8. The number of ether oxygens (including phenoxy) is 4. The van der Waals surface area contributed by atoms with Crippen molar-refractivity contribution < 1.29 is 80.2 Å². The first kappa shape index (κ1) is 100. The summed E-state index contributed by atoms with van der Waals surface area (Å²) in [5.74, 6) is -2.33. The van der Waals surface area contributed by atoms with Gasteiger partial charge in [-0.15, -0.1) is 0 Å². The van der Waals surface area contributed by atoms with Gasteiger partial charge in [-0.1, -0.05) is 301 Å². The van der Waals surface area contributed by atoms with Crippen LogP contribution in [0.5, 0.6) is 0 Å². The second-order valence-electron chi connectivity index (χ2n) is 26.2. The van der Waals surface area contributed by atoms with Crippen LogP contribution in [0, 0.1) is 0 Å². The van der Waals surface area contributed by atoms with Gasteiger partial charge in [-0.25, -0.2) is 9.13 Å². The maximum Gasteiger partial charge on any atom is 0.472 e. The molecule has 0 aromatic heterocycles. The SMILES string of the molecule is CC/C=C\C/C=C\C/C=C\C/C=C\C/C=C\C/C=C\CCC(=O)OCC(COP(=O)(O)OCC(O)COP(=O)(O)OCC(COC(=O)CCCCCC/C=C\C/C=C\C/C=C\C/C=C\CC)OC(=O)CCCCCCCCCCCCCCC)OC(=O)CCCCCC/C=C\C/C=C\C/C=C\C/C=C\CC. The molecule has 0 heterocycles. The minimum Gasteiger partial charge on any atom is -0.462 e. The Bertz CT molecular complexity index is 2680. The molecule has 0 rings (SSSR count). The summed E-state index contributed by atoms with van der Waals surface area (Å²) in [6, 6.07) is 0. The summed E-state index contributed by atoms with van der Waals surface area (Å²) in [4.78, 5) is 73.0. The fraction of sp³-hybridized carbons (Fsp3) is 0.632. The smallest absolute Gasteiger partial charge is 0.462 e. The highest BCUT2D eigenvalue weighted by Gasteiger charge is 2.30. The van der Waals surface area contributed by atoms with Crippen LogP contribution in [-0.2, 0) is 65.4 Å². The fourth-order valence-corrected chi connectivity index (χ4v) is 11.7. The molecule has 0 saturated carbocycles. The highest BCUT2D eigenvalue weighted by molar-refractivity contribution is 7.47. The van der Waals surface area contributed by atoms with Crippen LogP contribution in [0.2, 0.25) is 0 Å². The highest BCUT2D eigenvalue weighted by atomic mass is 31.2. The molecule has 0 aliphatic carbocycles. The lowest BCUT2D eigenvalue weighted by Gasteiger charge is -2.21. The molecule has 0 amide bonds. The monoisotopic (exact) mass is 1520 g/mol. The third-order valence-electron chi connectivity index (χ3n) is 16.2. The van der Waals surface area contributed by atoms with Crippen molar-refractivity contribution in [2.24, 2.45) is 0 Å². The molecule has 5 atom stereocenters. The van der Waals surface area contributed by atoms with Gasteiger partial charge in [0.1, 0.15) is 19.3 Å². The molecule has 106 heavy (non-hydrogen) atoms. The van der Waals surface area contributed by atoms with Crippen LogP contribution in [0.3, 0.4) is 0 Å². The van der Waals surface area contributed by atoms with Crippen LogP contribution in [0.25, 0.3) is 0 Å². The van der Waals surface area contributed by atoms with Gasteiger partial charge in [0, 0.05) is 25.7 Å². The summed E-state index contributed by atoms with van der Waals surface area (Å²) < 4.78 is 68.5. The Balaban J connectivity index is 5.48. The number of hydrogen-bond acceptors (Lipinski definition) is 15. The Morgan fingerprint density at radius 1 is 0.274 bits per heavy atom. The number of hydrogen-bond donors (Lipinski definition) is 3. The number of unbranched alkanes of at least 4 members (excludes halogenated alkanes) is 20. The largest absolute Gasteiger partial charge is 0.472 e. The van der Waals surface area contributed by atoms with E-state index < -0.39 is 97.5 Å². The molecule has 0 aromatic carbocycles. The zero-order chi connectivity index (χ0) is 77.4. The van der Waals surface area contributed by atoms with Crippen LogP contribution < -0.4 is 0 Å². The normalized spacial score (nSPS) is 14.7. The molecule has 0 radical (unpaired) electrons. The van der Waals surface area contributed by atoms with Crippen molar-refractivity contribution in [2.45, 2.75) is 316 Å². The van der Waals surface area contributed by atoms with E-state index in [2.05, 4.69) is 180 Å². The van der Waals surface area contributed by atoms with E-state index >= 15 is 0 Å². The minimum absolute atomic E-state index is 0.0244. The number of aliphatic hydroxyl groups is 1. The lowest BCUT2D eigenvalue weighted by Crippen LogP contribution is -2.30. The van der Waals surface area contributed by atoms with Crippen LogP contribution in [0.15, 0.2) is 170 Å². The van der Waals surface area contributed by atoms with Gasteiger partial charge in [-0.05, 0) is 141 Å². The Hall–Kier alpha value is -5.58. The Morgan fingerprint density at radius 2 is 0.509 bits per heavy atom. The van der Waals surface area contributed by atoms with Gasteiger partial charge in [-0.3, -0.25) is 37.3 Å². The first-order valence-corrected chi connectivity index (χ1v) is 43.4. The molecule has 5 unspecified atom stereocenters. The van der Waals surface area contributed by atoms with E-state index in [0.29, 0.717) is 32.1 Å². The van der Waals surface area contributed by atoms with Crippen molar-refractivity contribution >= 4 is 39.5 Å². The predicted octanol–water partition coefficient (Wildman–Crippen LogP) is 23.8. The van der Waals surface area contributed by atoms with Crippen LogP contribution >= 0.6 is 15.6 Å². The molecule has 0 saturated heterocycles. The minimum atomic E-state index is -5.01. The van der Waals surface area contributed by atoms with Gasteiger partial charge in [-0.2, -0.15) is 0 Å². The van der Waals surface area contributed by atoms with E-state index in [1.807, 2.05) is 18.2 Å². The first-order chi connectivity index (χ1) is 51.7. The summed E-state index contributed by atoms with van der Waals surface area (Å²) in [5.41, 5.74) is 0. The van der Waals surface area contributed by atoms with Gasteiger partial charge < -0.3 is 33.8 Å². The molecular formula is C87H142O17P2. The van der Waals surface area contributed by atoms with Crippen LogP contribution in [-0.4, -0.2) is 96.7 Å². The predicted molar refractivity (Wildman–Crippen MR) is 436 cm³/mol. The molecule has 0 spiro atoms. The van der Waals surface area contributed by atoms with Crippen molar-refractivity contribution in [1.29, 1.82) is 0 Å². The topological polar surface area (TPSA) is 237 Å².